The van der Waals surface area contributed by atoms with Gasteiger partial charge in [-0.1, -0.05) is 13.8 Å². The number of carbonyl (C=O) groups is 2. The van der Waals surface area contributed by atoms with Gasteiger partial charge in [-0.3, -0.25) is 9.59 Å². The zero-order valence-electron chi connectivity index (χ0n) is 22.8. The van der Waals surface area contributed by atoms with E-state index in [1.807, 2.05) is 6.92 Å². The number of hydrogen-bond acceptors (Lipinski definition) is 5. The lowest BCUT2D eigenvalue weighted by Crippen LogP contribution is -2.48. The number of alkyl halides is 3. The van der Waals surface area contributed by atoms with E-state index in [0.717, 1.165) is 37.8 Å². The molecule has 0 saturated heterocycles. The van der Waals surface area contributed by atoms with Crippen LogP contribution in [0.15, 0.2) is 24.5 Å². The molecule has 2 amide bonds. The summed E-state index contributed by atoms with van der Waals surface area (Å²) in [5.74, 6) is 0.618. The highest BCUT2D eigenvalue weighted by Gasteiger charge is 2.33. The quantitative estimate of drug-likeness (QED) is 0.336. The molecule has 0 aliphatic heterocycles. The lowest BCUT2D eigenvalue weighted by molar-refractivity contribution is -0.137. The summed E-state index contributed by atoms with van der Waals surface area (Å²) in [6, 6.07) is 3.38. The highest BCUT2D eigenvalue weighted by atomic mass is 19.4. The van der Waals surface area contributed by atoms with Crippen LogP contribution < -0.4 is 15.4 Å². The number of aryl methyl sites for hydroxylation is 1. The van der Waals surface area contributed by atoms with Crippen LogP contribution in [0.25, 0.3) is 22.3 Å². The van der Waals surface area contributed by atoms with Crippen molar-refractivity contribution in [2.24, 2.45) is 11.8 Å². The van der Waals surface area contributed by atoms with E-state index >= 15 is 0 Å². The topological polar surface area (TPSA) is 109 Å². The second-order valence-electron chi connectivity index (χ2n) is 11.0. The van der Waals surface area contributed by atoms with Gasteiger partial charge in [-0.05, 0) is 69.1 Å². The number of ether oxygens (including phenoxy) is 1. The summed E-state index contributed by atoms with van der Waals surface area (Å²) in [7, 11) is 0. The standard InChI is InChI=1S/C29H34F3N5O3/c1-4-23(38)37-21-9-8-19(11-15(21)2)36-28(39)24-16(3)35-27-25(33-14-34-26(24)27)20-12-18(29(30,31)32)7-10-22(20)40-13-17-5-6-17/h7,10,12,14-15,17,19,21,35H,4-6,8-9,11,13H2,1-3H3,(H,36,39)(H,37,38)/t15-,19+,21-/m1/s1. The Morgan fingerprint density at radius 2 is 1.90 bits per heavy atom. The van der Waals surface area contributed by atoms with Gasteiger partial charge < -0.3 is 20.4 Å². The average Bonchev–Trinajstić information content (AvgIpc) is 3.67. The first kappa shape index (κ1) is 27.9. The van der Waals surface area contributed by atoms with Crippen LogP contribution in [0.3, 0.4) is 0 Å². The number of hydrogen-bond donors (Lipinski definition) is 3. The molecule has 3 aromatic rings. The van der Waals surface area contributed by atoms with Gasteiger partial charge in [0.25, 0.3) is 5.91 Å². The Hall–Kier alpha value is -3.63. The van der Waals surface area contributed by atoms with E-state index in [1.54, 1.807) is 6.92 Å². The Morgan fingerprint density at radius 1 is 1.12 bits per heavy atom. The molecule has 0 bridgehead atoms. The van der Waals surface area contributed by atoms with Gasteiger partial charge in [0.2, 0.25) is 5.91 Å². The van der Waals surface area contributed by atoms with Crippen LogP contribution in [0.1, 0.15) is 74.0 Å². The maximum absolute atomic E-state index is 13.6. The van der Waals surface area contributed by atoms with Crippen LogP contribution in [-0.4, -0.2) is 45.5 Å². The summed E-state index contributed by atoms with van der Waals surface area (Å²) in [5.41, 5.74) is 1.21. The maximum Gasteiger partial charge on any atom is 0.416 e. The van der Waals surface area contributed by atoms with E-state index in [4.69, 9.17) is 4.74 Å². The van der Waals surface area contributed by atoms with Crippen LogP contribution in [0.4, 0.5) is 13.2 Å². The smallest absolute Gasteiger partial charge is 0.416 e. The SMILES string of the molecule is CCC(=O)N[C@@H]1CC[C@H](NC(=O)c2c(C)[nH]c3c(-c4cc(C(F)(F)F)ccc4OCC4CC4)ncnc23)C[C@H]1C. The Balaban J connectivity index is 1.43. The van der Waals surface area contributed by atoms with E-state index in [2.05, 4.69) is 32.5 Å². The molecule has 0 spiro atoms. The molecule has 11 heteroatoms. The molecule has 2 aliphatic rings. The number of amides is 2. The number of aromatic nitrogens is 3. The first-order valence-electron chi connectivity index (χ1n) is 13.8. The Labute approximate surface area is 230 Å². The number of carbonyl (C=O) groups excluding carboxylic acids is 2. The van der Waals surface area contributed by atoms with E-state index < -0.39 is 11.7 Å². The molecular weight excluding hydrogens is 523 g/mol. The van der Waals surface area contributed by atoms with Gasteiger partial charge in [0.15, 0.2) is 0 Å². The Kier molecular flexibility index (Phi) is 7.74. The van der Waals surface area contributed by atoms with Gasteiger partial charge >= 0.3 is 6.18 Å². The summed E-state index contributed by atoms with van der Waals surface area (Å²) in [6.45, 7) is 6.04. The van der Waals surface area contributed by atoms with Crippen molar-refractivity contribution in [3.63, 3.8) is 0 Å². The van der Waals surface area contributed by atoms with E-state index in [9.17, 15) is 22.8 Å². The molecule has 214 valence electrons. The molecular formula is C29H34F3N5O3. The third-order valence-corrected chi connectivity index (χ3v) is 7.90. The highest BCUT2D eigenvalue weighted by Crippen LogP contribution is 2.40. The van der Waals surface area contributed by atoms with Crippen molar-refractivity contribution in [2.45, 2.75) is 77.6 Å². The average molecular weight is 558 g/mol. The van der Waals surface area contributed by atoms with Gasteiger partial charge in [-0.25, -0.2) is 9.97 Å². The lowest BCUT2D eigenvalue weighted by atomic mass is 9.82. The fraction of sp³-hybridized carbons (Fsp3) is 0.517. The molecule has 2 aliphatic carbocycles. The van der Waals surface area contributed by atoms with Crippen molar-refractivity contribution >= 4 is 22.8 Å². The van der Waals surface area contributed by atoms with Crippen LogP contribution in [0, 0.1) is 18.8 Å². The highest BCUT2D eigenvalue weighted by molar-refractivity contribution is 6.09. The second kappa shape index (κ2) is 11.1. The Bertz CT molecular complexity index is 1420. The van der Waals surface area contributed by atoms with Gasteiger partial charge in [-0.2, -0.15) is 13.2 Å². The largest absolute Gasteiger partial charge is 0.493 e. The first-order chi connectivity index (χ1) is 19.0. The molecule has 0 unspecified atom stereocenters. The molecule has 2 aromatic heterocycles. The van der Waals surface area contributed by atoms with Crippen molar-refractivity contribution in [3.05, 3.63) is 41.3 Å². The number of rotatable bonds is 8. The van der Waals surface area contributed by atoms with Crippen LogP contribution in [0.2, 0.25) is 0 Å². The van der Waals surface area contributed by atoms with Gasteiger partial charge in [-0.15, -0.1) is 0 Å². The van der Waals surface area contributed by atoms with E-state index in [-0.39, 0.29) is 41.1 Å². The summed E-state index contributed by atoms with van der Waals surface area (Å²) >= 11 is 0. The molecule has 2 heterocycles. The maximum atomic E-state index is 13.6. The number of aromatic amines is 1. The molecule has 1 aromatic carbocycles. The second-order valence-corrected chi connectivity index (χ2v) is 11.0. The zero-order valence-corrected chi connectivity index (χ0v) is 22.8. The van der Waals surface area contributed by atoms with Crippen LogP contribution >= 0.6 is 0 Å². The molecule has 0 radical (unpaired) electrons. The number of fused-ring (bicyclic) bond motifs is 1. The minimum atomic E-state index is -4.54. The zero-order chi connectivity index (χ0) is 28.6. The molecule has 3 atom stereocenters. The van der Waals surface area contributed by atoms with Crippen molar-refractivity contribution < 1.29 is 27.5 Å². The summed E-state index contributed by atoms with van der Waals surface area (Å²) < 4.78 is 46.8. The summed E-state index contributed by atoms with van der Waals surface area (Å²) in [4.78, 5) is 37.1. The number of nitrogens with one attached hydrogen (secondary N) is 3. The van der Waals surface area contributed by atoms with Crippen molar-refractivity contribution in [1.82, 2.24) is 25.6 Å². The molecule has 8 nitrogen and oxygen atoms in total. The fourth-order valence-corrected chi connectivity index (χ4v) is 5.42. The van der Waals surface area contributed by atoms with Gasteiger partial charge in [0.05, 0.1) is 23.3 Å². The number of halogens is 3. The van der Waals surface area contributed by atoms with Crippen molar-refractivity contribution in [1.29, 1.82) is 0 Å². The first-order valence-corrected chi connectivity index (χ1v) is 13.8. The third-order valence-electron chi connectivity index (χ3n) is 7.90. The van der Waals surface area contributed by atoms with Crippen LogP contribution in [0.5, 0.6) is 5.75 Å². The number of H-pyrrole nitrogens is 1. The monoisotopic (exact) mass is 557 g/mol. The van der Waals surface area contributed by atoms with Gasteiger partial charge in [0, 0.05) is 29.8 Å². The lowest BCUT2D eigenvalue weighted by Gasteiger charge is -2.35. The minimum Gasteiger partial charge on any atom is -0.493 e. The molecule has 2 fully saturated rings. The number of nitrogens with zero attached hydrogens (tertiary/aromatic N) is 2. The minimum absolute atomic E-state index is 0.0195. The van der Waals surface area contributed by atoms with Crippen LogP contribution in [-0.2, 0) is 11.0 Å². The molecule has 2 saturated carbocycles. The normalized spacial score (nSPS) is 21.3. The van der Waals surface area contributed by atoms with Gasteiger partial charge in [0.1, 0.15) is 23.3 Å². The summed E-state index contributed by atoms with van der Waals surface area (Å²) in [6.07, 6.45) is 1.42. The van der Waals surface area contributed by atoms with Crippen molar-refractivity contribution in [2.75, 3.05) is 6.61 Å². The predicted octanol–water partition coefficient (Wildman–Crippen LogP) is 5.55. The Morgan fingerprint density at radius 3 is 2.58 bits per heavy atom. The number of benzene rings is 1. The molecule has 40 heavy (non-hydrogen) atoms. The molecule has 5 rings (SSSR count). The van der Waals surface area contributed by atoms with E-state index in [1.165, 1.54) is 12.4 Å². The van der Waals surface area contributed by atoms with E-state index in [0.29, 0.717) is 53.4 Å². The fourth-order valence-electron chi connectivity index (χ4n) is 5.42. The predicted molar refractivity (Wildman–Crippen MR) is 144 cm³/mol. The van der Waals surface area contributed by atoms with Crippen molar-refractivity contribution in [3.8, 4) is 17.0 Å². The third kappa shape index (κ3) is 5.93. The molecule has 3 N–H and O–H groups in total. The summed E-state index contributed by atoms with van der Waals surface area (Å²) in [5, 5.41) is 6.16.